The normalized spacial score (nSPS) is 17.3. The summed E-state index contributed by atoms with van der Waals surface area (Å²) in [6.45, 7) is 2.54. The number of aliphatic carboxylic acids is 1. The van der Waals surface area contributed by atoms with Crippen LogP contribution in [0.3, 0.4) is 0 Å². The third-order valence-electron chi connectivity index (χ3n) is 3.57. The molecule has 3 nitrogen and oxygen atoms in total. The van der Waals surface area contributed by atoms with E-state index in [9.17, 15) is 9.90 Å². The first-order chi connectivity index (χ1) is 8.03. The van der Waals surface area contributed by atoms with E-state index in [1.807, 2.05) is 25.1 Å². The van der Waals surface area contributed by atoms with Crippen molar-refractivity contribution < 1.29 is 9.90 Å². The zero-order valence-electron chi connectivity index (χ0n) is 9.79. The number of hydrogen-bond donors (Lipinski definition) is 2. The van der Waals surface area contributed by atoms with Gasteiger partial charge in [-0.3, -0.25) is 4.79 Å². The number of halogens is 1. The molecule has 0 radical (unpaired) electrons. The van der Waals surface area contributed by atoms with Crippen LogP contribution in [0.25, 0.3) is 0 Å². The molecule has 0 atom stereocenters. The quantitative estimate of drug-likeness (QED) is 0.895. The fourth-order valence-electron chi connectivity index (χ4n) is 2.04. The van der Waals surface area contributed by atoms with Crippen molar-refractivity contribution in [1.29, 1.82) is 0 Å². The van der Waals surface area contributed by atoms with E-state index in [-0.39, 0.29) is 0 Å². The summed E-state index contributed by atoms with van der Waals surface area (Å²) in [6.07, 6.45) is 2.58. The number of benzene rings is 1. The van der Waals surface area contributed by atoms with Gasteiger partial charge in [0.25, 0.3) is 0 Å². The predicted molar refractivity (Wildman–Crippen MR) is 71.3 cm³/mol. The van der Waals surface area contributed by atoms with Crippen LogP contribution in [0.15, 0.2) is 22.7 Å². The molecule has 1 saturated carbocycles. The number of anilines is 1. The molecule has 2 N–H and O–H groups in total. The van der Waals surface area contributed by atoms with Gasteiger partial charge in [0, 0.05) is 16.7 Å². The van der Waals surface area contributed by atoms with Gasteiger partial charge in [-0.05, 0) is 37.5 Å². The fraction of sp³-hybridized carbons (Fsp3) is 0.462. The van der Waals surface area contributed by atoms with Gasteiger partial charge in [0.1, 0.15) is 0 Å². The first-order valence-corrected chi connectivity index (χ1v) is 6.56. The van der Waals surface area contributed by atoms with Crippen LogP contribution in [0.1, 0.15) is 24.8 Å². The number of carboxylic acid groups (broad SMARTS) is 1. The number of aryl methyl sites for hydroxylation is 1. The largest absolute Gasteiger partial charge is 0.481 e. The lowest BCUT2D eigenvalue weighted by atomic mass is 9.69. The Morgan fingerprint density at radius 1 is 1.53 bits per heavy atom. The molecule has 0 aliphatic heterocycles. The first-order valence-electron chi connectivity index (χ1n) is 5.77. The fourth-order valence-corrected chi connectivity index (χ4v) is 2.42. The van der Waals surface area contributed by atoms with Crippen LogP contribution in [0.4, 0.5) is 5.69 Å². The van der Waals surface area contributed by atoms with Gasteiger partial charge in [-0.2, -0.15) is 0 Å². The molecule has 0 heterocycles. The minimum absolute atomic E-state index is 0.512. The van der Waals surface area contributed by atoms with Crippen LogP contribution in [-0.2, 0) is 4.79 Å². The average Bonchev–Trinajstić information content (AvgIpc) is 2.21. The molecule has 1 aliphatic rings. The molecule has 1 fully saturated rings. The number of nitrogens with one attached hydrogen (secondary N) is 1. The van der Waals surface area contributed by atoms with Crippen LogP contribution in [0, 0.1) is 12.3 Å². The summed E-state index contributed by atoms with van der Waals surface area (Å²) in [5.74, 6) is -0.678. The van der Waals surface area contributed by atoms with Crippen LogP contribution < -0.4 is 5.32 Å². The molecule has 1 aromatic rings. The lowest BCUT2D eigenvalue weighted by Crippen LogP contribution is -2.43. The van der Waals surface area contributed by atoms with E-state index >= 15 is 0 Å². The Hall–Kier alpha value is -1.03. The smallest absolute Gasteiger partial charge is 0.311 e. The van der Waals surface area contributed by atoms with E-state index in [1.54, 1.807) is 0 Å². The van der Waals surface area contributed by atoms with E-state index in [2.05, 4.69) is 21.2 Å². The molecular formula is C13H16BrNO2. The summed E-state index contributed by atoms with van der Waals surface area (Å²) in [5.41, 5.74) is 1.60. The Morgan fingerprint density at radius 2 is 2.24 bits per heavy atom. The lowest BCUT2D eigenvalue weighted by molar-refractivity contribution is -0.153. The van der Waals surface area contributed by atoms with Gasteiger partial charge in [0.15, 0.2) is 0 Å². The predicted octanol–water partition coefficient (Wildman–Crippen LogP) is 3.42. The SMILES string of the molecule is Cc1ccc(NCC2(C(=O)O)CCC2)cc1Br. The first kappa shape index (κ1) is 12.4. The molecule has 92 valence electrons. The Bertz CT molecular complexity index is 441. The van der Waals surface area contributed by atoms with Gasteiger partial charge in [-0.25, -0.2) is 0 Å². The zero-order chi connectivity index (χ0) is 12.5. The van der Waals surface area contributed by atoms with Crippen LogP contribution >= 0.6 is 15.9 Å². The number of rotatable bonds is 4. The van der Waals surface area contributed by atoms with E-state index in [0.29, 0.717) is 6.54 Å². The summed E-state index contributed by atoms with van der Waals surface area (Å²) < 4.78 is 1.04. The molecular weight excluding hydrogens is 282 g/mol. The highest BCUT2D eigenvalue weighted by Gasteiger charge is 2.44. The van der Waals surface area contributed by atoms with Crippen molar-refractivity contribution in [3.8, 4) is 0 Å². The second-order valence-electron chi connectivity index (χ2n) is 4.76. The molecule has 0 amide bonds. The second-order valence-corrected chi connectivity index (χ2v) is 5.61. The van der Waals surface area contributed by atoms with E-state index in [1.165, 1.54) is 5.56 Å². The third-order valence-corrected chi connectivity index (χ3v) is 4.42. The summed E-state index contributed by atoms with van der Waals surface area (Å²) >= 11 is 3.47. The standard InChI is InChI=1S/C13H16BrNO2/c1-9-3-4-10(7-11(9)14)15-8-13(12(16)17)5-2-6-13/h3-4,7,15H,2,5-6,8H2,1H3,(H,16,17). The molecule has 17 heavy (non-hydrogen) atoms. The van der Waals surface area contributed by atoms with Crippen molar-refractivity contribution in [2.75, 3.05) is 11.9 Å². The van der Waals surface area contributed by atoms with Crippen molar-refractivity contribution in [3.05, 3.63) is 28.2 Å². The second kappa shape index (κ2) is 4.69. The van der Waals surface area contributed by atoms with Crippen LogP contribution in [0.2, 0.25) is 0 Å². The molecule has 1 aromatic carbocycles. The van der Waals surface area contributed by atoms with Gasteiger partial charge in [0.2, 0.25) is 0 Å². The Labute approximate surface area is 109 Å². The third kappa shape index (κ3) is 2.46. The maximum atomic E-state index is 11.2. The van der Waals surface area contributed by atoms with Crippen LogP contribution in [0.5, 0.6) is 0 Å². The number of carboxylic acids is 1. The molecule has 0 spiro atoms. The van der Waals surface area contributed by atoms with Crippen molar-refractivity contribution in [3.63, 3.8) is 0 Å². The molecule has 0 aromatic heterocycles. The van der Waals surface area contributed by atoms with Crippen molar-refractivity contribution in [1.82, 2.24) is 0 Å². The lowest BCUT2D eigenvalue weighted by Gasteiger charge is -2.37. The maximum Gasteiger partial charge on any atom is 0.311 e. The van der Waals surface area contributed by atoms with Gasteiger partial charge < -0.3 is 10.4 Å². The van der Waals surface area contributed by atoms with Gasteiger partial charge in [-0.1, -0.05) is 28.4 Å². The Kier molecular flexibility index (Phi) is 3.43. The molecule has 4 heteroatoms. The Balaban J connectivity index is 2.02. The molecule has 1 aliphatic carbocycles. The van der Waals surface area contributed by atoms with Crippen molar-refractivity contribution >= 4 is 27.6 Å². The summed E-state index contributed by atoms with van der Waals surface area (Å²) in [4.78, 5) is 11.2. The number of hydrogen-bond acceptors (Lipinski definition) is 2. The average molecular weight is 298 g/mol. The van der Waals surface area contributed by atoms with Crippen molar-refractivity contribution in [2.45, 2.75) is 26.2 Å². The van der Waals surface area contributed by atoms with Gasteiger partial charge in [-0.15, -0.1) is 0 Å². The highest BCUT2D eigenvalue weighted by atomic mass is 79.9. The van der Waals surface area contributed by atoms with Gasteiger partial charge >= 0.3 is 5.97 Å². The van der Waals surface area contributed by atoms with E-state index in [4.69, 9.17) is 0 Å². The summed E-state index contributed by atoms with van der Waals surface area (Å²) in [6, 6.07) is 5.98. The monoisotopic (exact) mass is 297 g/mol. The molecule has 2 rings (SSSR count). The van der Waals surface area contributed by atoms with E-state index in [0.717, 1.165) is 29.4 Å². The van der Waals surface area contributed by atoms with E-state index < -0.39 is 11.4 Å². The minimum Gasteiger partial charge on any atom is -0.481 e. The highest BCUT2D eigenvalue weighted by molar-refractivity contribution is 9.10. The Morgan fingerprint density at radius 3 is 2.71 bits per heavy atom. The minimum atomic E-state index is -0.678. The summed E-state index contributed by atoms with van der Waals surface area (Å²) in [5, 5.41) is 12.4. The van der Waals surface area contributed by atoms with Crippen LogP contribution in [-0.4, -0.2) is 17.6 Å². The molecule has 0 bridgehead atoms. The van der Waals surface area contributed by atoms with Gasteiger partial charge in [0.05, 0.1) is 5.41 Å². The molecule has 0 unspecified atom stereocenters. The highest BCUT2D eigenvalue weighted by Crippen LogP contribution is 2.41. The summed E-state index contributed by atoms with van der Waals surface area (Å²) in [7, 11) is 0. The zero-order valence-corrected chi connectivity index (χ0v) is 11.4. The molecule has 0 saturated heterocycles. The van der Waals surface area contributed by atoms with Crippen molar-refractivity contribution in [2.24, 2.45) is 5.41 Å². The maximum absolute atomic E-state index is 11.2. The topological polar surface area (TPSA) is 49.3 Å². The number of carbonyl (C=O) groups is 1.